The zero-order chi connectivity index (χ0) is 15.2. The Balaban J connectivity index is 2.26. The smallest absolute Gasteiger partial charge is 0.333 e. The van der Waals surface area contributed by atoms with E-state index in [1.54, 1.807) is 0 Å². The van der Waals surface area contributed by atoms with Gasteiger partial charge >= 0.3 is 5.97 Å². The SMILES string of the molecule is C=C(C(=O)OC)[C@@H](c1ccccc1)[C@H](O)C1CCCCC1. The zero-order valence-corrected chi connectivity index (χ0v) is 12.6. The Labute approximate surface area is 126 Å². The summed E-state index contributed by atoms with van der Waals surface area (Å²) >= 11 is 0. The van der Waals surface area contributed by atoms with Gasteiger partial charge in [0.1, 0.15) is 0 Å². The first-order valence-electron chi connectivity index (χ1n) is 7.65. The van der Waals surface area contributed by atoms with Crippen molar-refractivity contribution in [3.05, 3.63) is 48.0 Å². The van der Waals surface area contributed by atoms with Crippen LogP contribution in [-0.2, 0) is 9.53 Å². The molecule has 0 heterocycles. The van der Waals surface area contributed by atoms with Gasteiger partial charge in [-0.1, -0.05) is 56.2 Å². The Bertz CT molecular complexity index is 474. The highest BCUT2D eigenvalue weighted by Gasteiger charge is 2.34. The second-order valence-electron chi connectivity index (χ2n) is 5.79. The monoisotopic (exact) mass is 288 g/mol. The Kier molecular flexibility index (Phi) is 5.57. The van der Waals surface area contributed by atoms with Gasteiger partial charge < -0.3 is 9.84 Å². The lowest BCUT2D eigenvalue weighted by molar-refractivity contribution is -0.136. The molecule has 1 aliphatic carbocycles. The number of carbonyl (C=O) groups is 1. The van der Waals surface area contributed by atoms with Crippen LogP contribution >= 0.6 is 0 Å². The highest BCUT2D eigenvalue weighted by molar-refractivity contribution is 5.89. The van der Waals surface area contributed by atoms with Gasteiger partial charge in [0.05, 0.1) is 13.2 Å². The molecule has 0 spiro atoms. The number of esters is 1. The molecule has 0 saturated heterocycles. The third kappa shape index (κ3) is 3.73. The Hall–Kier alpha value is -1.61. The minimum absolute atomic E-state index is 0.227. The summed E-state index contributed by atoms with van der Waals surface area (Å²) in [5.74, 6) is -0.606. The summed E-state index contributed by atoms with van der Waals surface area (Å²) in [5.41, 5.74) is 1.26. The second-order valence-corrected chi connectivity index (χ2v) is 5.79. The number of rotatable bonds is 5. The van der Waals surface area contributed by atoms with Crippen molar-refractivity contribution in [2.24, 2.45) is 5.92 Å². The molecule has 0 unspecified atom stereocenters. The largest absolute Gasteiger partial charge is 0.466 e. The number of ether oxygens (including phenoxy) is 1. The van der Waals surface area contributed by atoms with Crippen LogP contribution in [0.5, 0.6) is 0 Å². The van der Waals surface area contributed by atoms with Crippen molar-refractivity contribution in [2.75, 3.05) is 7.11 Å². The molecule has 1 saturated carbocycles. The highest BCUT2D eigenvalue weighted by Crippen LogP contribution is 2.37. The van der Waals surface area contributed by atoms with Crippen LogP contribution in [0.4, 0.5) is 0 Å². The summed E-state index contributed by atoms with van der Waals surface area (Å²) in [7, 11) is 1.35. The molecule has 0 aliphatic heterocycles. The van der Waals surface area contributed by atoms with E-state index in [1.807, 2.05) is 30.3 Å². The fraction of sp³-hybridized carbons (Fsp3) is 0.500. The molecular weight excluding hydrogens is 264 g/mol. The first-order valence-corrected chi connectivity index (χ1v) is 7.65. The molecule has 114 valence electrons. The van der Waals surface area contributed by atoms with Gasteiger partial charge in [0, 0.05) is 11.5 Å². The first kappa shape index (κ1) is 15.8. The zero-order valence-electron chi connectivity index (χ0n) is 12.6. The molecule has 21 heavy (non-hydrogen) atoms. The van der Waals surface area contributed by atoms with Gasteiger partial charge in [0.15, 0.2) is 0 Å². The average molecular weight is 288 g/mol. The van der Waals surface area contributed by atoms with E-state index >= 15 is 0 Å². The number of hydrogen-bond acceptors (Lipinski definition) is 3. The molecule has 0 radical (unpaired) electrons. The van der Waals surface area contributed by atoms with Gasteiger partial charge in [0.25, 0.3) is 0 Å². The van der Waals surface area contributed by atoms with Crippen molar-refractivity contribution in [3.63, 3.8) is 0 Å². The van der Waals surface area contributed by atoms with Crippen molar-refractivity contribution in [1.82, 2.24) is 0 Å². The number of methoxy groups -OCH3 is 1. The molecule has 1 N–H and O–H groups in total. The lowest BCUT2D eigenvalue weighted by Crippen LogP contribution is -2.32. The lowest BCUT2D eigenvalue weighted by Gasteiger charge is -2.33. The molecule has 3 heteroatoms. The average Bonchev–Trinajstić information content (AvgIpc) is 2.56. The van der Waals surface area contributed by atoms with Gasteiger partial charge in [-0.2, -0.15) is 0 Å². The molecule has 1 aliphatic rings. The minimum Gasteiger partial charge on any atom is -0.466 e. The molecule has 2 atom stereocenters. The summed E-state index contributed by atoms with van der Waals surface area (Å²) < 4.78 is 4.80. The molecule has 0 amide bonds. The Morgan fingerprint density at radius 1 is 1.24 bits per heavy atom. The number of carbonyl (C=O) groups excluding carboxylic acids is 1. The van der Waals surface area contributed by atoms with Crippen molar-refractivity contribution in [1.29, 1.82) is 0 Å². The van der Waals surface area contributed by atoms with E-state index in [1.165, 1.54) is 13.5 Å². The molecule has 0 bridgehead atoms. The standard InChI is InChI=1S/C18H24O3/c1-13(18(20)21-2)16(14-9-5-3-6-10-14)17(19)15-11-7-4-8-12-15/h3,5-6,9-10,15-17,19H,1,4,7-8,11-12H2,2H3/t16-,17+/m0/s1. The van der Waals surface area contributed by atoms with Crippen molar-refractivity contribution >= 4 is 5.97 Å². The lowest BCUT2D eigenvalue weighted by atomic mass is 9.75. The molecule has 0 aromatic heterocycles. The van der Waals surface area contributed by atoms with Gasteiger partial charge in [-0.05, 0) is 24.3 Å². The summed E-state index contributed by atoms with van der Waals surface area (Å²) in [5, 5.41) is 10.8. The van der Waals surface area contributed by atoms with E-state index in [0.717, 1.165) is 31.2 Å². The van der Waals surface area contributed by atoms with Crippen LogP contribution in [0, 0.1) is 5.92 Å². The van der Waals surface area contributed by atoms with Gasteiger partial charge in [-0.3, -0.25) is 0 Å². The summed E-state index contributed by atoms with van der Waals surface area (Å²) in [6, 6.07) is 9.63. The molecule has 1 aromatic rings. The Morgan fingerprint density at radius 2 is 1.86 bits per heavy atom. The maximum Gasteiger partial charge on any atom is 0.333 e. The molecular formula is C18H24O3. The van der Waals surface area contributed by atoms with E-state index in [4.69, 9.17) is 4.74 Å². The third-order valence-electron chi connectivity index (χ3n) is 4.46. The fourth-order valence-electron chi connectivity index (χ4n) is 3.27. The van der Waals surface area contributed by atoms with E-state index < -0.39 is 12.1 Å². The quantitative estimate of drug-likeness (QED) is 0.667. The van der Waals surface area contributed by atoms with Crippen molar-refractivity contribution in [3.8, 4) is 0 Å². The predicted octanol–water partition coefficient (Wildman–Crippen LogP) is 3.44. The van der Waals surface area contributed by atoms with Gasteiger partial charge in [-0.25, -0.2) is 4.79 Å². The van der Waals surface area contributed by atoms with Crippen LogP contribution in [0.2, 0.25) is 0 Å². The third-order valence-corrected chi connectivity index (χ3v) is 4.46. The van der Waals surface area contributed by atoms with Crippen LogP contribution in [0.15, 0.2) is 42.5 Å². The molecule has 2 rings (SSSR count). The summed E-state index contributed by atoms with van der Waals surface area (Å²) in [6.07, 6.45) is 4.97. The van der Waals surface area contributed by atoms with Crippen molar-refractivity contribution in [2.45, 2.75) is 44.1 Å². The highest BCUT2D eigenvalue weighted by atomic mass is 16.5. The predicted molar refractivity (Wildman–Crippen MR) is 82.9 cm³/mol. The summed E-state index contributed by atoms with van der Waals surface area (Å²) in [6.45, 7) is 3.88. The maximum absolute atomic E-state index is 11.9. The normalized spacial score (nSPS) is 18.8. The number of aliphatic hydroxyl groups is 1. The molecule has 1 fully saturated rings. The minimum atomic E-state index is -0.584. The molecule has 3 nitrogen and oxygen atoms in total. The fourth-order valence-corrected chi connectivity index (χ4v) is 3.27. The van der Waals surface area contributed by atoms with E-state index in [0.29, 0.717) is 5.57 Å². The van der Waals surface area contributed by atoms with E-state index in [-0.39, 0.29) is 11.8 Å². The topological polar surface area (TPSA) is 46.5 Å². The van der Waals surface area contributed by atoms with Crippen LogP contribution in [0.3, 0.4) is 0 Å². The van der Waals surface area contributed by atoms with Gasteiger partial charge in [-0.15, -0.1) is 0 Å². The van der Waals surface area contributed by atoms with Crippen LogP contribution < -0.4 is 0 Å². The number of hydrogen-bond donors (Lipinski definition) is 1. The number of benzene rings is 1. The second kappa shape index (κ2) is 7.41. The first-order chi connectivity index (χ1) is 10.1. The maximum atomic E-state index is 11.9. The van der Waals surface area contributed by atoms with Crippen LogP contribution in [0.25, 0.3) is 0 Å². The number of aliphatic hydroxyl groups excluding tert-OH is 1. The van der Waals surface area contributed by atoms with E-state index in [9.17, 15) is 9.90 Å². The van der Waals surface area contributed by atoms with Crippen molar-refractivity contribution < 1.29 is 14.6 Å². The van der Waals surface area contributed by atoms with Crippen LogP contribution in [0.1, 0.15) is 43.6 Å². The van der Waals surface area contributed by atoms with Gasteiger partial charge in [0.2, 0.25) is 0 Å². The Morgan fingerprint density at radius 3 is 2.43 bits per heavy atom. The van der Waals surface area contributed by atoms with Crippen LogP contribution in [-0.4, -0.2) is 24.3 Å². The molecule has 1 aromatic carbocycles. The summed E-state index contributed by atoms with van der Waals surface area (Å²) in [4.78, 5) is 11.9. The van der Waals surface area contributed by atoms with E-state index in [2.05, 4.69) is 6.58 Å².